The number of urea groups is 1. The maximum absolute atomic E-state index is 12.9. The number of halogens is 1. The molecule has 0 radical (unpaired) electrons. The van der Waals surface area contributed by atoms with Crippen LogP contribution in [0.25, 0.3) is 0 Å². The highest BCUT2D eigenvalue weighted by Crippen LogP contribution is 2.40. The number of amides is 2. The van der Waals surface area contributed by atoms with Crippen LogP contribution in [0.4, 0.5) is 16.2 Å². The lowest BCUT2D eigenvalue weighted by molar-refractivity contribution is -0.139. The molecule has 2 aliphatic heterocycles. The molecule has 2 aliphatic rings. The van der Waals surface area contributed by atoms with Gasteiger partial charge in [-0.1, -0.05) is 35.5 Å². The van der Waals surface area contributed by atoms with Gasteiger partial charge in [0, 0.05) is 28.7 Å². The van der Waals surface area contributed by atoms with Gasteiger partial charge in [-0.3, -0.25) is 0 Å². The van der Waals surface area contributed by atoms with E-state index in [1.54, 1.807) is 43.0 Å². The van der Waals surface area contributed by atoms with Crippen LogP contribution < -0.4 is 10.6 Å². The van der Waals surface area contributed by atoms with Crippen molar-refractivity contribution in [1.82, 2.24) is 4.90 Å². The highest BCUT2D eigenvalue weighted by Gasteiger charge is 2.37. The third kappa shape index (κ3) is 5.34. The van der Waals surface area contributed by atoms with Gasteiger partial charge in [0.1, 0.15) is 0 Å². The molecule has 9 heteroatoms. The smallest absolute Gasteiger partial charge is 0.338 e. The number of fused-ring (bicyclic) bond motifs is 1. The molecule has 0 saturated carbocycles. The van der Waals surface area contributed by atoms with Gasteiger partial charge in [0.25, 0.3) is 0 Å². The Bertz CT molecular complexity index is 1120. The molecule has 172 valence electrons. The summed E-state index contributed by atoms with van der Waals surface area (Å²) >= 11 is 7.60. The summed E-state index contributed by atoms with van der Waals surface area (Å²) in [4.78, 5) is 32.2. The van der Waals surface area contributed by atoms with E-state index in [4.69, 9.17) is 16.3 Å². The SMILES string of the molecule is CCOC(=O)C1=C(C)N=C2SCCCN2[C@@H]1c1cccc(NC(=O)Nc2ccc(Cl)cc2)c1. The lowest BCUT2D eigenvalue weighted by atomic mass is 9.94. The second-order valence-electron chi connectivity index (χ2n) is 7.62. The summed E-state index contributed by atoms with van der Waals surface area (Å²) < 4.78 is 5.36. The average Bonchev–Trinajstić information content (AvgIpc) is 2.80. The van der Waals surface area contributed by atoms with Gasteiger partial charge in [-0.25, -0.2) is 14.6 Å². The van der Waals surface area contributed by atoms with Gasteiger partial charge in [-0.2, -0.15) is 0 Å². The van der Waals surface area contributed by atoms with E-state index in [0.717, 1.165) is 29.4 Å². The van der Waals surface area contributed by atoms with Crippen LogP contribution in [0.5, 0.6) is 0 Å². The Kier molecular flexibility index (Phi) is 7.25. The summed E-state index contributed by atoms with van der Waals surface area (Å²) in [6, 6.07) is 13.7. The maximum Gasteiger partial charge on any atom is 0.338 e. The molecule has 1 fully saturated rings. The lowest BCUT2D eigenvalue weighted by Gasteiger charge is -2.40. The zero-order valence-corrected chi connectivity index (χ0v) is 20.0. The third-order valence-corrected chi connectivity index (χ3v) is 6.64. The second-order valence-corrected chi connectivity index (χ2v) is 9.12. The highest BCUT2D eigenvalue weighted by atomic mass is 35.5. The Morgan fingerprint density at radius 2 is 1.94 bits per heavy atom. The molecule has 2 heterocycles. The van der Waals surface area contributed by atoms with Crippen LogP contribution in [-0.2, 0) is 9.53 Å². The molecule has 7 nitrogen and oxygen atoms in total. The minimum absolute atomic E-state index is 0.292. The molecular weight excluding hydrogens is 460 g/mol. The molecule has 0 spiro atoms. The lowest BCUT2D eigenvalue weighted by Crippen LogP contribution is -2.42. The van der Waals surface area contributed by atoms with E-state index in [-0.39, 0.29) is 18.0 Å². The first-order chi connectivity index (χ1) is 16.0. The molecule has 2 aromatic carbocycles. The number of nitrogens with one attached hydrogen (secondary N) is 2. The molecule has 0 bridgehead atoms. The van der Waals surface area contributed by atoms with Gasteiger partial charge in [-0.05, 0) is 62.2 Å². The number of hydrogen-bond donors (Lipinski definition) is 2. The zero-order chi connectivity index (χ0) is 23.4. The highest BCUT2D eigenvalue weighted by molar-refractivity contribution is 8.13. The third-order valence-electron chi connectivity index (χ3n) is 5.32. The van der Waals surface area contributed by atoms with Crippen molar-refractivity contribution in [3.8, 4) is 0 Å². The number of aliphatic imine (C=N–C) groups is 1. The predicted octanol–water partition coefficient (Wildman–Crippen LogP) is 5.67. The van der Waals surface area contributed by atoms with E-state index in [9.17, 15) is 9.59 Å². The van der Waals surface area contributed by atoms with Gasteiger partial charge in [0.15, 0.2) is 5.17 Å². The molecular formula is C24H25ClN4O3S. The fourth-order valence-corrected chi connectivity index (χ4v) is 5.04. The molecule has 0 unspecified atom stereocenters. The number of allylic oxidation sites excluding steroid dienone is 1. The summed E-state index contributed by atoms with van der Waals surface area (Å²) in [7, 11) is 0. The largest absolute Gasteiger partial charge is 0.463 e. The summed E-state index contributed by atoms with van der Waals surface area (Å²) in [5, 5.41) is 7.17. The van der Waals surface area contributed by atoms with E-state index < -0.39 is 0 Å². The fraction of sp³-hybridized carbons (Fsp3) is 0.292. The predicted molar refractivity (Wildman–Crippen MR) is 134 cm³/mol. The van der Waals surface area contributed by atoms with Crippen molar-refractivity contribution in [3.63, 3.8) is 0 Å². The van der Waals surface area contributed by atoms with Crippen molar-refractivity contribution in [1.29, 1.82) is 0 Å². The van der Waals surface area contributed by atoms with Crippen LogP contribution in [0.2, 0.25) is 5.02 Å². The average molecular weight is 485 g/mol. The minimum Gasteiger partial charge on any atom is -0.463 e. The minimum atomic E-state index is -0.369. The van der Waals surface area contributed by atoms with Crippen LogP contribution in [0.15, 0.2) is 64.8 Å². The molecule has 1 saturated heterocycles. The number of carbonyl (C=O) groups excluding carboxylic acids is 2. The number of anilines is 2. The monoisotopic (exact) mass is 484 g/mol. The van der Waals surface area contributed by atoms with E-state index >= 15 is 0 Å². The number of esters is 1. The number of amidine groups is 1. The molecule has 2 aromatic rings. The Balaban J connectivity index is 1.60. The van der Waals surface area contributed by atoms with Crippen LogP contribution >= 0.6 is 23.4 Å². The Hall–Kier alpha value is -2.97. The number of benzene rings is 2. The topological polar surface area (TPSA) is 83.0 Å². The summed E-state index contributed by atoms with van der Waals surface area (Å²) in [5.41, 5.74) is 3.34. The number of thioether (sulfide) groups is 1. The number of rotatable bonds is 5. The van der Waals surface area contributed by atoms with Crippen molar-refractivity contribution < 1.29 is 14.3 Å². The van der Waals surface area contributed by atoms with E-state index in [0.29, 0.717) is 34.3 Å². The Morgan fingerprint density at radius 1 is 1.18 bits per heavy atom. The van der Waals surface area contributed by atoms with Crippen LogP contribution in [-0.4, -0.2) is 41.0 Å². The number of hydrogen-bond acceptors (Lipinski definition) is 6. The summed E-state index contributed by atoms with van der Waals surface area (Å²) in [6.07, 6.45) is 0.997. The van der Waals surface area contributed by atoms with Gasteiger partial charge >= 0.3 is 12.0 Å². The van der Waals surface area contributed by atoms with Crippen molar-refractivity contribution in [3.05, 3.63) is 70.4 Å². The second kappa shape index (κ2) is 10.3. The molecule has 4 rings (SSSR count). The van der Waals surface area contributed by atoms with Gasteiger partial charge in [0.2, 0.25) is 0 Å². The van der Waals surface area contributed by atoms with E-state index in [2.05, 4.69) is 20.5 Å². The fourth-order valence-electron chi connectivity index (χ4n) is 3.90. The zero-order valence-electron chi connectivity index (χ0n) is 18.4. The quantitative estimate of drug-likeness (QED) is 0.534. The summed E-state index contributed by atoms with van der Waals surface area (Å²) in [5.74, 6) is 0.633. The van der Waals surface area contributed by atoms with Gasteiger partial charge < -0.3 is 20.3 Å². The molecule has 33 heavy (non-hydrogen) atoms. The van der Waals surface area contributed by atoms with E-state index in [1.165, 1.54) is 0 Å². The summed E-state index contributed by atoms with van der Waals surface area (Å²) in [6.45, 7) is 4.73. The van der Waals surface area contributed by atoms with Crippen molar-refractivity contribution in [2.75, 3.05) is 29.5 Å². The first-order valence-electron chi connectivity index (χ1n) is 10.8. The van der Waals surface area contributed by atoms with Crippen molar-refractivity contribution in [2.45, 2.75) is 26.3 Å². The number of carbonyl (C=O) groups is 2. The van der Waals surface area contributed by atoms with Gasteiger partial charge in [0.05, 0.1) is 23.9 Å². The standard InChI is InChI=1S/C24H25ClN4O3S/c1-3-32-22(30)20-15(2)26-24-29(12-5-13-33-24)21(20)16-6-4-7-19(14-16)28-23(31)27-18-10-8-17(25)9-11-18/h4,6-11,14,21H,3,5,12-13H2,1-2H3,(H2,27,28,31)/t21-/m1/s1. The normalized spacial score (nSPS) is 17.7. The number of ether oxygens (including phenoxy) is 1. The van der Waals surface area contributed by atoms with Crippen LogP contribution in [0.1, 0.15) is 31.9 Å². The van der Waals surface area contributed by atoms with Crippen molar-refractivity contribution >= 4 is 51.9 Å². The Morgan fingerprint density at radius 3 is 2.70 bits per heavy atom. The maximum atomic E-state index is 12.9. The van der Waals surface area contributed by atoms with Crippen LogP contribution in [0.3, 0.4) is 0 Å². The molecule has 0 aliphatic carbocycles. The molecule has 2 N–H and O–H groups in total. The Labute approximate surface area is 202 Å². The molecule has 2 amide bonds. The van der Waals surface area contributed by atoms with Gasteiger partial charge in [-0.15, -0.1) is 0 Å². The van der Waals surface area contributed by atoms with Crippen molar-refractivity contribution in [2.24, 2.45) is 4.99 Å². The van der Waals surface area contributed by atoms with Crippen LogP contribution in [0, 0.1) is 0 Å². The molecule has 0 aromatic heterocycles. The first-order valence-corrected chi connectivity index (χ1v) is 12.1. The number of nitrogens with zero attached hydrogens (tertiary/aromatic N) is 2. The molecule has 1 atom stereocenters. The van der Waals surface area contributed by atoms with E-state index in [1.807, 2.05) is 31.2 Å². The first kappa shape index (κ1) is 23.2.